The van der Waals surface area contributed by atoms with Gasteiger partial charge in [0, 0.05) is 6.54 Å². The van der Waals surface area contributed by atoms with Gasteiger partial charge in [-0.15, -0.1) is 0 Å². The molecule has 1 aliphatic heterocycles. The Balaban J connectivity index is 2.32. The number of aliphatic hydroxyl groups excluding tert-OH is 1. The van der Waals surface area contributed by atoms with Gasteiger partial charge in [-0.05, 0) is 25.5 Å². The molecule has 0 saturated heterocycles. The summed E-state index contributed by atoms with van der Waals surface area (Å²) >= 11 is 0. The monoisotopic (exact) mass is 255 g/mol. The summed E-state index contributed by atoms with van der Waals surface area (Å²) in [6.07, 6.45) is -0.445. The zero-order valence-electron chi connectivity index (χ0n) is 9.61. The second-order valence-electron chi connectivity index (χ2n) is 4.21. The number of hydrogen-bond donors (Lipinski definition) is 1. The lowest BCUT2D eigenvalue weighted by atomic mass is 10.1. The minimum atomic E-state index is -1.16. The Morgan fingerprint density at radius 2 is 1.61 bits per heavy atom. The number of amides is 2. The lowest BCUT2D eigenvalue weighted by molar-refractivity contribution is 0.0629. The van der Waals surface area contributed by atoms with Gasteiger partial charge in [0.25, 0.3) is 11.8 Å². The molecule has 0 spiro atoms. The molecule has 1 heterocycles. The summed E-state index contributed by atoms with van der Waals surface area (Å²) in [5.41, 5.74) is -0.269. The second kappa shape index (κ2) is 4.45. The fourth-order valence-corrected chi connectivity index (χ4v) is 1.80. The quantitative estimate of drug-likeness (QED) is 0.829. The molecule has 1 aromatic rings. The van der Waals surface area contributed by atoms with Crippen molar-refractivity contribution in [2.45, 2.75) is 19.4 Å². The van der Waals surface area contributed by atoms with Crippen LogP contribution in [0.3, 0.4) is 0 Å². The third-order valence-electron chi connectivity index (χ3n) is 2.78. The Morgan fingerprint density at radius 1 is 1.17 bits per heavy atom. The summed E-state index contributed by atoms with van der Waals surface area (Å²) in [6.45, 7) is 1.55. The SMILES string of the molecule is CC(O)CCN1C(=O)c2cc(F)c(F)cc2C1=O. The van der Waals surface area contributed by atoms with Crippen LogP contribution in [-0.4, -0.2) is 34.5 Å². The van der Waals surface area contributed by atoms with E-state index in [1.54, 1.807) is 0 Å². The van der Waals surface area contributed by atoms with Gasteiger partial charge < -0.3 is 5.11 Å². The first kappa shape index (κ1) is 12.6. The molecule has 0 bridgehead atoms. The van der Waals surface area contributed by atoms with E-state index in [9.17, 15) is 18.4 Å². The number of fused-ring (bicyclic) bond motifs is 1. The molecular formula is C12H11F2NO3. The molecule has 4 nitrogen and oxygen atoms in total. The largest absolute Gasteiger partial charge is 0.393 e. The highest BCUT2D eigenvalue weighted by molar-refractivity contribution is 6.21. The third kappa shape index (κ3) is 1.99. The van der Waals surface area contributed by atoms with E-state index >= 15 is 0 Å². The van der Waals surface area contributed by atoms with Gasteiger partial charge in [0.15, 0.2) is 11.6 Å². The van der Waals surface area contributed by atoms with Crippen LogP contribution in [0.1, 0.15) is 34.1 Å². The van der Waals surface area contributed by atoms with E-state index in [0.29, 0.717) is 0 Å². The number of nitrogens with zero attached hydrogens (tertiary/aromatic N) is 1. The van der Waals surface area contributed by atoms with Crippen LogP contribution in [0.4, 0.5) is 8.78 Å². The molecular weight excluding hydrogens is 244 g/mol. The van der Waals surface area contributed by atoms with Gasteiger partial charge >= 0.3 is 0 Å². The van der Waals surface area contributed by atoms with Crippen LogP contribution in [0, 0.1) is 11.6 Å². The second-order valence-corrected chi connectivity index (χ2v) is 4.21. The van der Waals surface area contributed by atoms with Crippen LogP contribution >= 0.6 is 0 Å². The van der Waals surface area contributed by atoms with Crippen LogP contribution in [-0.2, 0) is 0 Å². The zero-order valence-corrected chi connectivity index (χ0v) is 9.61. The fourth-order valence-electron chi connectivity index (χ4n) is 1.80. The number of rotatable bonds is 3. The topological polar surface area (TPSA) is 57.6 Å². The zero-order chi connectivity index (χ0) is 13.4. The van der Waals surface area contributed by atoms with E-state index in [2.05, 4.69) is 0 Å². The number of benzene rings is 1. The highest BCUT2D eigenvalue weighted by Crippen LogP contribution is 2.25. The Kier molecular flexibility index (Phi) is 3.13. The molecule has 2 amide bonds. The Hall–Kier alpha value is -1.82. The van der Waals surface area contributed by atoms with E-state index in [4.69, 9.17) is 5.11 Å². The number of aliphatic hydroxyl groups is 1. The van der Waals surface area contributed by atoms with Gasteiger partial charge in [-0.3, -0.25) is 14.5 Å². The third-order valence-corrected chi connectivity index (χ3v) is 2.78. The Morgan fingerprint density at radius 3 is 2.00 bits per heavy atom. The van der Waals surface area contributed by atoms with E-state index in [1.165, 1.54) is 6.92 Å². The summed E-state index contributed by atoms with van der Waals surface area (Å²) in [5.74, 6) is -3.64. The Bertz CT molecular complexity index is 487. The van der Waals surface area contributed by atoms with Crippen LogP contribution in [0.25, 0.3) is 0 Å². The summed E-state index contributed by atoms with van der Waals surface area (Å²) < 4.78 is 26.0. The molecule has 6 heteroatoms. The lowest BCUT2D eigenvalue weighted by Gasteiger charge is -2.14. The molecule has 1 N–H and O–H groups in total. The maximum absolute atomic E-state index is 13.0. The van der Waals surface area contributed by atoms with Crippen LogP contribution in [0.5, 0.6) is 0 Å². The van der Waals surface area contributed by atoms with Crippen molar-refractivity contribution in [1.29, 1.82) is 0 Å². The Labute approximate surface area is 102 Å². The molecule has 1 atom stereocenters. The minimum Gasteiger partial charge on any atom is -0.393 e. The molecule has 18 heavy (non-hydrogen) atoms. The molecule has 1 aromatic carbocycles. The van der Waals surface area contributed by atoms with Crippen molar-refractivity contribution in [3.63, 3.8) is 0 Å². The number of carbonyl (C=O) groups is 2. The molecule has 96 valence electrons. The molecule has 0 aliphatic carbocycles. The molecule has 2 rings (SSSR count). The molecule has 0 radical (unpaired) electrons. The predicted molar refractivity (Wildman–Crippen MR) is 58.0 cm³/mol. The standard InChI is InChI=1S/C12H11F2NO3/c1-6(16)2-3-15-11(17)7-4-9(13)10(14)5-8(7)12(15)18/h4-6,16H,2-3H2,1H3. The molecule has 0 saturated carbocycles. The smallest absolute Gasteiger partial charge is 0.261 e. The maximum Gasteiger partial charge on any atom is 0.261 e. The number of hydrogen-bond acceptors (Lipinski definition) is 3. The van der Waals surface area contributed by atoms with Gasteiger partial charge in [0.1, 0.15) is 0 Å². The van der Waals surface area contributed by atoms with E-state index < -0.39 is 29.6 Å². The highest BCUT2D eigenvalue weighted by atomic mass is 19.2. The van der Waals surface area contributed by atoms with Crippen molar-refractivity contribution >= 4 is 11.8 Å². The predicted octanol–water partition coefficient (Wildman–Crippen LogP) is 1.33. The van der Waals surface area contributed by atoms with Crippen LogP contribution in [0.15, 0.2) is 12.1 Å². The average Bonchev–Trinajstić information content (AvgIpc) is 2.51. The summed E-state index contributed by atoms with van der Waals surface area (Å²) in [4.78, 5) is 24.5. The lowest BCUT2D eigenvalue weighted by Crippen LogP contribution is -2.32. The van der Waals surface area contributed by atoms with Crippen LogP contribution < -0.4 is 0 Å². The first-order chi connectivity index (χ1) is 8.41. The van der Waals surface area contributed by atoms with Crippen molar-refractivity contribution < 1.29 is 23.5 Å². The summed E-state index contributed by atoms with van der Waals surface area (Å²) in [5, 5.41) is 9.12. The van der Waals surface area contributed by atoms with E-state index in [0.717, 1.165) is 17.0 Å². The summed E-state index contributed by atoms with van der Waals surface area (Å²) in [6, 6.07) is 1.46. The van der Waals surface area contributed by atoms with Gasteiger partial charge in [0.05, 0.1) is 17.2 Å². The first-order valence-corrected chi connectivity index (χ1v) is 5.45. The van der Waals surface area contributed by atoms with E-state index in [1.807, 2.05) is 0 Å². The van der Waals surface area contributed by atoms with Crippen molar-refractivity contribution in [3.8, 4) is 0 Å². The van der Waals surface area contributed by atoms with Gasteiger partial charge in [-0.25, -0.2) is 8.78 Å². The normalized spacial score (nSPS) is 16.1. The van der Waals surface area contributed by atoms with Crippen molar-refractivity contribution in [2.24, 2.45) is 0 Å². The minimum absolute atomic E-state index is 0.0211. The molecule has 1 unspecified atom stereocenters. The number of carbonyl (C=O) groups excluding carboxylic acids is 2. The molecule has 0 aromatic heterocycles. The summed E-state index contributed by atoms with van der Waals surface area (Å²) in [7, 11) is 0. The van der Waals surface area contributed by atoms with Crippen molar-refractivity contribution in [3.05, 3.63) is 34.9 Å². The fraction of sp³-hybridized carbons (Fsp3) is 0.333. The number of halogens is 2. The number of imide groups is 1. The van der Waals surface area contributed by atoms with Crippen molar-refractivity contribution in [2.75, 3.05) is 6.54 Å². The highest BCUT2D eigenvalue weighted by Gasteiger charge is 2.36. The van der Waals surface area contributed by atoms with Gasteiger partial charge in [0.2, 0.25) is 0 Å². The van der Waals surface area contributed by atoms with Gasteiger partial charge in [-0.2, -0.15) is 0 Å². The molecule has 0 fully saturated rings. The van der Waals surface area contributed by atoms with Gasteiger partial charge in [-0.1, -0.05) is 0 Å². The van der Waals surface area contributed by atoms with Crippen molar-refractivity contribution in [1.82, 2.24) is 4.90 Å². The van der Waals surface area contributed by atoms with E-state index in [-0.39, 0.29) is 24.1 Å². The first-order valence-electron chi connectivity index (χ1n) is 5.45. The molecule has 1 aliphatic rings. The maximum atomic E-state index is 13.0. The average molecular weight is 255 g/mol. The van der Waals surface area contributed by atoms with Crippen LogP contribution in [0.2, 0.25) is 0 Å².